The highest BCUT2D eigenvalue weighted by atomic mass is 79.9. The van der Waals surface area contributed by atoms with E-state index in [2.05, 4.69) is 21.1 Å². The molecule has 98 valence electrons. The third-order valence-electron chi connectivity index (χ3n) is 3.00. The van der Waals surface area contributed by atoms with Gasteiger partial charge in [-0.15, -0.1) is 0 Å². The van der Waals surface area contributed by atoms with Crippen molar-refractivity contribution in [3.8, 4) is 17.4 Å². The van der Waals surface area contributed by atoms with Crippen molar-refractivity contribution in [2.75, 3.05) is 0 Å². The van der Waals surface area contributed by atoms with Gasteiger partial charge in [0.1, 0.15) is 11.3 Å². The van der Waals surface area contributed by atoms with E-state index in [1.54, 1.807) is 0 Å². The number of nitrogens with zero attached hydrogens (tertiary/aromatic N) is 2. The summed E-state index contributed by atoms with van der Waals surface area (Å²) < 4.78 is 20.0. The molecule has 0 unspecified atom stereocenters. The molecular formula is C15H8BrFN2O. The molecule has 5 heteroatoms. The number of halogens is 2. The van der Waals surface area contributed by atoms with Gasteiger partial charge in [0.2, 0.25) is 0 Å². The van der Waals surface area contributed by atoms with Gasteiger partial charge in [0.05, 0.1) is 17.9 Å². The lowest BCUT2D eigenvalue weighted by molar-refractivity contribution is 0.440. The molecule has 0 aliphatic carbocycles. The maximum Gasteiger partial charge on any atom is 0.174 e. The smallest absolute Gasteiger partial charge is 0.174 e. The molecule has 0 N–H and O–H groups in total. The molecule has 2 aromatic carbocycles. The van der Waals surface area contributed by atoms with Crippen LogP contribution in [0, 0.1) is 17.1 Å². The van der Waals surface area contributed by atoms with Gasteiger partial charge in [0.15, 0.2) is 5.76 Å². The summed E-state index contributed by atoms with van der Waals surface area (Å²) in [7, 11) is 0. The van der Waals surface area contributed by atoms with Crippen LogP contribution in [0.3, 0.4) is 0 Å². The Morgan fingerprint density at radius 3 is 2.70 bits per heavy atom. The summed E-state index contributed by atoms with van der Waals surface area (Å²) in [4.78, 5) is 0. The second kappa shape index (κ2) is 5.06. The number of rotatable bonds is 2. The van der Waals surface area contributed by atoms with E-state index < -0.39 is 5.82 Å². The van der Waals surface area contributed by atoms with Crippen molar-refractivity contribution in [3.05, 3.63) is 52.3 Å². The van der Waals surface area contributed by atoms with E-state index in [-0.39, 0.29) is 6.42 Å². The predicted molar refractivity (Wildman–Crippen MR) is 76.4 cm³/mol. The summed E-state index contributed by atoms with van der Waals surface area (Å²) in [5, 5.41) is 13.3. The lowest BCUT2D eigenvalue weighted by Crippen LogP contribution is -1.87. The molecule has 0 aliphatic heterocycles. The predicted octanol–water partition coefficient (Wildman–Crippen LogP) is 4.46. The van der Waals surface area contributed by atoms with Gasteiger partial charge in [0.25, 0.3) is 0 Å². The number of aromatic nitrogens is 1. The number of hydrogen-bond donors (Lipinski definition) is 0. The van der Waals surface area contributed by atoms with Gasteiger partial charge in [-0.1, -0.05) is 21.1 Å². The molecule has 3 nitrogen and oxygen atoms in total. The minimum absolute atomic E-state index is 0.0978. The van der Waals surface area contributed by atoms with Crippen molar-refractivity contribution >= 4 is 26.8 Å². The SMILES string of the molecule is N#CCc1cc(F)cc2c(-c3ccc(Br)cc3)onc12. The largest absolute Gasteiger partial charge is 0.355 e. The summed E-state index contributed by atoms with van der Waals surface area (Å²) in [5.41, 5.74) is 1.88. The minimum atomic E-state index is -0.399. The quantitative estimate of drug-likeness (QED) is 0.696. The Bertz CT molecular complexity index is 818. The van der Waals surface area contributed by atoms with Gasteiger partial charge in [-0.25, -0.2) is 4.39 Å². The van der Waals surface area contributed by atoms with Crippen LogP contribution in [0.5, 0.6) is 0 Å². The maximum atomic E-state index is 13.7. The Labute approximate surface area is 122 Å². The molecule has 0 fully saturated rings. The zero-order chi connectivity index (χ0) is 14.1. The van der Waals surface area contributed by atoms with E-state index in [4.69, 9.17) is 9.78 Å². The molecule has 0 radical (unpaired) electrons. The van der Waals surface area contributed by atoms with Crippen molar-refractivity contribution in [2.45, 2.75) is 6.42 Å². The molecule has 0 atom stereocenters. The van der Waals surface area contributed by atoms with E-state index in [9.17, 15) is 4.39 Å². The first kappa shape index (κ1) is 12.8. The van der Waals surface area contributed by atoms with Crippen LogP contribution in [0.15, 0.2) is 45.4 Å². The van der Waals surface area contributed by atoms with Crippen molar-refractivity contribution in [1.29, 1.82) is 5.26 Å². The second-order valence-electron chi connectivity index (χ2n) is 4.31. The molecule has 3 rings (SSSR count). The van der Waals surface area contributed by atoms with E-state index in [0.29, 0.717) is 22.2 Å². The summed E-state index contributed by atoms with van der Waals surface area (Å²) >= 11 is 3.36. The number of fused-ring (bicyclic) bond motifs is 1. The van der Waals surface area contributed by atoms with E-state index in [0.717, 1.165) is 10.0 Å². The normalized spacial score (nSPS) is 10.7. The average Bonchev–Trinajstić information content (AvgIpc) is 2.84. The first-order valence-corrected chi connectivity index (χ1v) is 6.69. The number of benzene rings is 2. The fourth-order valence-corrected chi connectivity index (χ4v) is 2.37. The molecule has 0 amide bonds. The highest BCUT2D eigenvalue weighted by Gasteiger charge is 2.15. The molecule has 0 spiro atoms. The third-order valence-corrected chi connectivity index (χ3v) is 3.53. The fourth-order valence-electron chi connectivity index (χ4n) is 2.11. The van der Waals surface area contributed by atoms with Crippen LogP contribution in [-0.4, -0.2) is 5.16 Å². The van der Waals surface area contributed by atoms with Crippen LogP contribution in [0.4, 0.5) is 4.39 Å². The van der Waals surface area contributed by atoms with Crippen LogP contribution in [0.25, 0.3) is 22.2 Å². The van der Waals surface area contributed by atoms with Crippen molar-refractivity contribution in [1.82, 2.24) is 5.16 Å². The van der Waals surface area contributed by atoms with Crippen LogP contribution in [-0.2, 0) is 6.42 Å². The molecule has 1 heterocycles. The highest BCUT2D eigenvalue weighted by molar-refractivity contribution is 9.10. The molecule has 0 aliphatic rings. The van der Waals surface area contributed by atoms with Crippen LogP contribution in [0.1, 0.15) is 5.56 Å². The van der Waals surface area contributed by atoms with Gasteiger partial charge in [-0.3, -0.25) is 0 Å². The van der Waals surface area contributed by atoms with Gasteiger partial charge < -0.3 is 4.52 Å². The Kier molecular flexibility index (Phi) is 3.25. The topological polar surface area (TPSA) is 49.8 Å². The van der Waals surface area contributed by atoms with Crippen molar-refractivity contribution in [3.63, 3.8) is 0 Å². The van der Waals surface area contributed by atoms with E-state index >= 15 is 0 Å². The highest BCUT2D eigenvalue weighted by Crippen LogP contribution is 2.32. The van der Waals surface area contributed by atoms with Gasteiger partial charge >= 0.3 is 0 Å². The third kappa shape index (κ3) is 2.19. The summed E-state index contributed by atoms with van der Waals surface area (Å²) in [6.45, 7) is 0. The van der Waals surface area contributed by atoms with Crippen LogP contribution >= 0.6 is 15.9 Å². The van der Waals surface area contributed by atoms with Crippen molar-refractivity contribution < 1.29 is 8.91 Å². The van der Waals surface area contributed by atoms with Crippen molar-refractivity contribution in [2.24, 2.45) is 0 Å². The lowest BCUT2D eigenvalue weighted by atomic mass is 10.0. The lowest BCUT2D eigenvalue weighted by Gasteiger charge is -1.99. The van der Waals surface area contributed by atoms with E-state index in [1.807, 2.05) is 30.3 Å². The second-order valence-corrected chi connectivity index (χ2v) is 5.23. The molecule has 0 saturated carbocycles. The Morgan fingerprint density at radius 1 is 1.25 bits per heavy atom. The number of nitriles is 1. The Balaban J connectivity index is 2.23. The minimum Gasteiger partial charge on any atom is -0.355 e. The first-order valence-electron chi connectivity index (χ1n) is 5.90. The summed E-state index contributed by atoms with van der Waals surface area (Å²) in [6, 6.07) is 12.2. The monoisotopic (exact) mass is 330 g/mol. The standard InChI is InChI=1S/C15H8BrFN2O/c16-11-3-1-9(2-4-11)15-13-8-12(17)7-10(5-6-18)14(13)19-20-15/h1-4,7-8H,5H2. The first-order chi connectivity index (χ1) is 9.69. The van der Waals surface area contributed by atoms with Gasteiger partial charge in [0, 0.05) is 10.0 Å². The zero-order valence-electron chi connectivity index (χ0n) is 10.2. The molecule has 0 bridgehead atoms. The number of hydrogen-bond acceptors (Lipinski definition) is 3. The summed E-state index contributed by atoms with van der Waals surface area (Å²) in [6.07, 6.45) is 0.0978. The average molecular weight is 331 g/mol. The molecule has 0 saturated heterocycles. The molecular weight excluding hydrogens is 323 g/mol. The maximum absolute atomic E-state index is 13.7. The zero-order valence-corrected chi connectivity index (χ0v) is 11.8. The fraction of sp³-hybridized carbons (Fsp3) is 0.0667. The Hall–Kier alpha value is -2.19. The van der Waals surface area contributed by atoms with Crippen LogP contribution < -0.4 is 0 Å². The Morgan fingerprint density at radius 2 is 2.00 bits per heavy atom. The summed E-state index contributed by atoms with van der Waals surface area (Å²) in [5.74, 6) is 0.107. The van der Waals surface area contributed by atoms with E-state index in [1.165, 1.54) is 12.1 Å². The van der Waals surface area contributed by atoms with Gasteiger partial charge in [-0.05, 0) is 42.0 Å². The molecule has 20 heavy (non-hydrogen) atoms. The molecule has 3 aromatic rings. The van der Waals surface area contributed by atoms with Gasteiger partial charge in [-0.2, -0.15) is 5.26 Å². The molecule has 1 aromatic heterocycles. The van der Waals surface area contributed by atoms with Crippen LogP contribution in [0.2, 0.25) is 0 Å².